The Kier molecular flexibility index (Phi) is 8.94. The second kappa shape index (κ2) is 11.4. The van der Waals surface area contributed by atoms with Gasteiger partial charge in [0.05, 0.1) is 11.5 Å². The van der Waals surface area contributed by atoms with E-state index >= 15 is 0 Å². The maximum absolute atomic E-state index is 12.7. The molecule has 32 heavy (non-hydrogen) atoms. The van der Waals surface area contributed by atoms with Gasteiger partial charge in [0.1, 0.15) is 0 Å². The van der Waals surface area contributed by atoms with E-state index in [4.69, 9.17) is 37.6 Å². The molecule has 0 spiro atoms. The smallest absolute Gasteiger partial charge is 0.341 e. The fourth-order valence-corrected chi connectivity index (χ4v) is 3.75. The normalized spacial score (nSPS) is 17.8. The summed E-state index contributed by atoms with van der Waals surface area (Å²) in [7, 11) is 1.55. The minimum Gasteiger partial charge on any atom is -0.479 e. The third kappa shape index (κ3) is 7.19. The molecule has 0 heterocycles. The minimum atomic E-state index is -1.25. The van der Waals surface area contributed by atoms with Crippen LogP contribution in [0.25, 0.3) is 0 Å². The molecule has 0 unspecified atom stereocenters. The highest BCUT2D eigenvalue weighted by Crippen LogP contribution is 2.31. The number of carboxylic acids is 2. The number of rotatable bonds is 11. The zero-order valence-electron chi connectivity index (χ0n) is 17.6. The molecule has 10 nitrogen and oxygen atoms in total. The van der Waals surface area contributed by atoms with Gasteiger partial charge in [0.15, 0.2) is 30.5 Å². The van der Waals surface area contributed by atoms with Gasteiger partial charge in [-0.2, -0.15) is 0 Å². The van der Waals surface area contributed by atoms with Gasteiger partial charge in [-0.25, -0.2) is 9.59 Å². The molecule has 4 N–H and O–H groups in total. The van der Waals surface area contributed by atoms with Crippen molar-refractivity contribution in [1.82, 2.24) is 4.90 Å². The summed E-state index contributed by atoms with van der Waals surface area (Å²) in [5.41, 5.74) is 5.86. The molecule has 0 bridgehead atoms. The van der Waals surface area contributed by atoms with Gasteiger partial charge in [-0.1, -0.05) is 12.2 Å². The van der Waals surface area contributed by atoms with Gasteiger partial charge in [-0.3, -0.25) is 9.59 Å². The number of thiocarbonyl (C=S) groups is 1. The number of amides is 1. The van der Waals surface area contributed by atoms with Gasteiger partial charge >= 0.3 is 11.9 Å². The Morgan fingerprint density at radius 3 is 2.06 bits per heavy atom. The molecule has 0 radical (unpaired) electrons. The molecule has 1 saturated carbocycles. The first-order valence-electron chi connectivity index (χ1n) is 9.99. The molecule has 1 aliphatic rings. The molecule has 1 fully saturated rings. The molecular weight excluding hydrogens is 440 g/mol. The fourth-order valence-electron chi connectivity index (χ4n) is 3.51. The molecule has 0 saturated heterocycles. The molecule has 2 rings (SSSR count). The number of carboxylic acid groups (broad SMARTS) is 2. The molecule has 1 aromatic carbocycles. The van der Waals surface area contributed by atoms with Crippen molar-refractivity contribution in [2.45, 2.75) is 25.7 Å². The summed E-state index contributed by atoms with van der Waals surface area (Å²) in [5, 5.41) is 17.6. The standard InChI is InChI=1S/C21H26N2O8S/c1-23(21(29)13-4-2-12(3-5-13)20(22)32)9-15(24)14-6-7-16(30-10-18(25)26)17(8-14)31-11-19(27)28/h6-8,12-13H,2-5,9-11H2,1H3,(H2,22,32)(H,25,26)(H,27,28)/t12-,13-. The first-order valence-corrected chi connectivity index (χ1v) is 10.4. The summed E-state index contributed by atoms with van der Waals surface area (Å²) >= 11 is 5.02. The van der Waals surface area contributed by atoms with Crippen molar-refractivity contribution in [3.8, 4) is 11.5 Å². The lowest BCUT2D eigenvalue weighted by atomic mass is 9.81. The summed E-state index contributed by atoms with van der Waals surface area (Å²) in [6.45, 7) is -1.54. The van der Waals surface area contributed by atoms with Crippen LogP contribution in [0.4, 0.5) is 0 Å². The molecule has 1 amide bonds. The van der Waals surface area contributed by atoms with Crippen LogP contribution >= 0.6 is 12.2 Å². The lowest BCUT2D eigenvalue weighted by Gasteiger charge is -2.29. The van der Waals surface area contributed by atoms with Crippen LogP contribution in [0.5, 0.6) is 11.5 Å². The van der Waals surface area contributed by atoms with E-state index in [0.717, 1.165) is 12.8 Å². The van der Waals surface area contributed by atoms with Crippen molar-refractivity contribution in [2.75, 3.05) is 26.8 Å². The molecular formula is C21H26N2O8S. The van der Waals surface area contributed by atoms with E-state index in [0.29, 0.717) is 17.8 Å². The molecule has 1 aromatic rings. The lowest BCUT2D eigenvalue weighted by molar-refractivity contribution is -0.140. The highest BCUT2D eigenvalue weighted by atomic mass is 32.1. The molecule has 174 valence electrons. The number of nitrogens with two attached hydrogens (primary N) is 1. The van der Waals surface area contributed by atoms with Gasteiger partial charge in [-0.05, 0) is 43.9 Å². The van der Waals surface area contributed by atoms with Crippen LogP contribution in [0, 0.1) is 11.8 Å². The summed E-state index contributed by atoms with van der Waals surface area (Å²) in [6, 6.07) is 4.00. The van der Waals surface area contributed by atoms with E-state index in [1.807, 2.05) is 0 Å². The van der Waals surface area contributed by atoms with Crippen molar-refractivity contribution >= 4 is 40.8 Å². The maximum Gasteiger partial charge on any atom is 0.341 e. The highest BCUT2D eigenvalue weighted by molar-refractivity contribution is 7.80. The Labute approximate surface area is 190 Å². The quantitative estimate of drug-likeness (QED) is 0.321. The predicted octanol–water partition coefficient (Wildman–Crippen LogP) is 1.35. The third-order valence-corrected chi connectivity index (χ3v) is 5.54. The van der Waals surface area contributed by atoms with Crippen LogP contribution < -0.4 is 15.2 Å². The van der Waals surface area contributed by atoms with Crippen molar-refractivity contribution < 1.29 is 38.9 Å². The van der Waals surface area contributed by atoms with E-state index < -0.39 is 25.2 Å². The second-order valence-corrected chi connectivity index (χ2v) is 8.07. The molecule has 0 atom stereocenters. The molecule has 0 aromatic heterocycles. The summed E-state index contributed by atoms with van der Waals surface area (Å²) in [6.07, 6.45) is 2.80. The van der Waals surface area contributed by atoms with Crippen molar-refractivity contribution in [2.24, 2.45) is 17.6 Å². The summed E-state index contributed by atoms with van der Waals surface area (Å²) < 4.78 is 10.2. The fraction of sp³-hybridized carbons (Fsp3) is 0.476. The summed E-state index contributed by atoms with van der Waals surface area (Å²) in [4.78, 5) is 48.8. The SMILES string of the molecule is CN(CC(=O)c1ccc(OCC(=O)O)c(OCC(=O)O)c1)C(=O)[C@H]1CC[C@H](C(N)=S)CC1. The van der Waals surface area contributed by atoms with Crippen LogP contribution in [-0.2, 0) is 14.4 Å². The average molecular weight is 467 g/mol. The number of ether oxygens (including phenoxy) is 2. The first-order chi connectivity index (χ1) is 15.1. The van der Waals surface area contributed by atoms with Crippen LogP contribution in [0.2, 0.25) is 0 Å². The number of carbonyl (C=O) groups is 4. The number of hydrogen-bond acceptors (Lipinski definition) is 7. The van der Waals surface area contributed by atoms with Crippen molar-refractivity contribution in [3.63, 3.8) is 0 Å². The molecule has 1 aliphatic carbocycles. The Morgan fingerprint density at radius 1 is 1.00 bits per heavy atom. The van der Waals surface area contributed by atoms with Gasteiger partial charge < -0.3 is 30.3 Å². The topological polar surface area (TPSA) is 156 Å². The monoisotopic (exact) mass is 466 g/mol. The number of hydrogen-bond donors (Lipinski definition) is 3. The zero-order valence-corrected chi connectivity index (χ0v) is 18.4. The van der Waals surface area contributed by atoms with Gasteiger partial charge in [0, 0.05) is 24.4 Å². The van der Waals surface area contributed by atoms with E-state index in [1.165, 1.54) is 23.1 Å². The number of nitrogens with zero attached hydrogens (tertiary/aromatic N) is 1. The van der Waals surface area contributed by atoms with Gasteiger partial charge in [0.25, 0.3) is 0 Å². The van der Waals surface area contributed by atoms with Crippen molar-refractivity contribution in [3.05, 3.63) is 23.8 Å². The van der Waals surface area contributed by atoms with E-state index in [-0.39, 0.29) is 47.1 Å². The summed E-state index contributed by atoms with van der Waals surface area (Å²) in [5.74, 6) is -3.13. The predicted molar refractivity (Wildman–Crippen MR) is 117 cm³/mol. The van der Waals surface area contributed by atoms with E-state index in [2.05, 4.69) is 0 Å². The molecule has 11 heteroatoms. The van der Waals surface area contributed by atoms with E-state index in [9.17, 15) is 19.2 Å². The first kappa shape index (κ1) is 25.1. The lowest BCUT2D eigenvalue weighted by Crippen LogP contribution is -2.39. The van der Waals surface area contributed by atoms with Gasteiger partial charge in [-0.15, -0.1) is 0 Å². The molecule has 0 aliphatic heterocycles. The number of Topliss-reactive ketones (excluding diaryl/α,β-unsaturated/α-hetero) is 1. The van der Waals surface area contributed by atoms with E-state index in [1.54, 1.807) is 7.05 Å². The van der Waals surface area contributed by atoms with Crippen LogP contribution in [0.15, 0.2) is 18.2 Å². The average Bonchev–Trinajstić information content (AvgIpc) is 2.75. The Bertz CT molecular complexity index is 896. The third-order valence-electron chi connectivity index (χ3n) is 5.20. The maximum atomic E-state index is 12.7. The largest absolute Gasteiger partial charge is 0.479 e. The number of likely N-dealkylation sites (N-methyl/N-ethyl adjacent to an activating group) is 1. The van der Waals surface area contributed by atoms with Crippen LogP contribution in [-0.4, -0.2) is 70.5 Å². The Balaban J connectivity index is 2.05. The zero-order chi connectivity index (χ0) is 23.8. The number of carbonyl (C=O) groups excluding carboxylic acids is 2. The number of ketones is 1. The Morgan fingerprint density at radius 2 is 1.53 bits per heavy atom. The van der Waals surface area contributed by atoms with Crippen molar-refractivity contribution in [1.29, 1.82) is 0 Å². The number of aliphatic carboxylic acids is 2. The highest BCUT2D eigenvalue weighted by Gasteiger charge is 2.30. The minimum absolute atomic E-state index is 0.00999. The van der Waals surface area contributed by atoms with Gasteiger partial charge in [0.2, 0.25) is 5.91 Å². The van der Waals surface area contributed by atoms with Crippen LogP contribution in [0.1, 0.15) is 36.0 Å². The Hall–Kier alpha value is -3.21. The second-order valence-electron chi connectivity index (χ2n) is 7.59. The number of benzene rings is 1. The van der Waals surface area contributed by atoms with Crippen LogP contribution in [0.3, 0.4) is 0 Å².